The molecule has 2 N–H and O–H groups in total. The largest absolute Gasteiger partial charge is 0.383 e. The molecule has 0 saturated heterocycles. The number of rotatable bonds is 6. The van der Waals surface area contributed by atoms with Gasteiger partial charge in [-0.2, -0.15) is 0 Å². The molecular weight excluding hydrogens is 361 g/mol. The summed E-state index contributed by atoms with van der Waals surface area (Å²) in [5.41, 5.74) is 2.08. The third-order valence-corrected chi connectivity index (χ3v) is 4.26. The molecule has 4 aromatic rings. The number of nitrogens with zero attached hydrogens (tertiary/aromatic N) is 3. The highest BCUT2D eigenvalue weighted by Crippen LogP contribution is 2.26. The number of aromatic nitrogens is 3. The second-order valence-electron chi connectivity index (χ2n) is 6.14. The predicted molar refractivity (Wildman–Crippen MR) is 105 cm³/mol. The van der Waals surface area contributed by atoms with E-state index in [1.807, 2.05) is 6.07 Å². The molecule has 0 spiro atoms. The van der Waals surface area contributed by atoms with Crippen LogP contribution in [0.25, 0.3) is 16.7 Å². The van der Waals surface area contributed by atoms with Gasteiger partial charge in [0.1, 0.15) is 11.6 Å². The summed E-state index contributed by atoms with van der Waals surface area (Å²) >= 11 is 0. The van der Waals surface area contributed by atoms with Gasteiger partial charge in [0.05, 0.1) is 23.8 Å². The lowest BCUT2D eigenvalue weighted by Gasteiger charge is -2.12. The molecule has 28 heavy (non-hydrogen) atoms. The fourth-order valence-electron chi connectivity index (χ4n) is 2.96. The van der Waals surface area contributed by atoms with Crippen molar-refractivity contribution in [1.82, 2.24) is 14.4 Å². The number of carbonyl (C=O) groups is 1. The molecule has 0 atom stereocenters. The van der Waals surface area contributed by atoms with Crippen LogP contribution >= 0.6 is 0 Å². The first-order valence-electron chi connectivity index (χ1n) is 8.73. The van der Waals surface area contributed by atoms with Crippen LogP contribution in [0.3, 0.4) is 0 Å². The number of nitrogens with one attached hydrogen (secondary N) is 2. The quantitative estimate of drug-likeness (QED) is 0.502. The number of halogens is 1. The van der Waals surface area contributed by atoms with E-state index in [2.05, 4.69) is 20.6 Å². The molecule has 0 saturated carbocycles. The minimum absolute atomic E-state index is 0.280. The minimum Gasteiger partial charge on any atom is -0.383 e. The van der Waals surface area contributed by atoms with Crippen molar-refractivity contribution in [2.45, 2.75) is 0 Å². The molecule has 0 unspecified atom stereocenters. The van der Waals surface area contributed by atoms with Gasteiger partial charge in [0.15, 0.2) is 11.5 Å². The van der Waals surface area contributed by atoms with Gasteiger partial charge in [-0.1, -0.05) is 18.2 Å². The topological polar surface area (TPSA) is 80.5 Å². The Hall–Kier alpha value is -3.52. The van der Waals surface area contributed by atoms with Crippen molar-refractivity contribution in [2.24, 2.45) is 0 Å². The van der Waals surface area contributed by atoms with Crippen LogP contribution in [0.4, 0.5) is 16.0 Å². The Labute approximate surface area is 160 Å². The van der Waals surface area contributed by atoms with Gasteiger partial charge >= 0.3 is 0 Å². The average Bonchev–Trinajstić information content (AvgIpc) is 3.13. The van der Waals surface area contributed by atoms with Crippen LogP contribution < -0.4 is 10.6 Å². The smallest absolute Gasteiger partial charge is 0.256 e. The summed E-state index contributed by atoms with van der Waals surface area (Å²) in [5.74, 6) is 0.274. The number of ether oxygens (including phenoxy) is 1. The van der Waals surface area contributed by atoms with Crippen LogP contribution in [0, 0.1) is 5.82 Å². The van der Waals surface area contributed by atoms with Gasteiger partial charge < -0.3 is 15.4 Å². The van der Waals surface area contributed by atoms with Crippen molar-refractivity contribution in [3.8, 4) is 0 Å². The van der Waals surface area contributed by atoms with Crippen molar-refractivity contribution in [1.29, 1.82) is 0 Å². The van der Waals surface area contributed by atoms with E-state index in [0.717, 1.165) is 0 Å². The lowest BCUT2D eigenvalue weighted by atomic mass is 10.2. The maximum Gasteiger partial charge on any atom is 0.256 e. The van der Waals surface area contributed by atoms with Gasteiger partial charge in [0.2, 0.25) is 0 Å². The van der Waals surface area contributed by atoms with Gasteiger partial charge in [-0.3, -0.25) is 9.20 Å². The van der Waals surface area contributed by atoms with E-state index in [1.54, 1.807) is 41.8 Å². The first-order valence-corrected chi connectivity index (χ1v) is 8.73. The number of imidazole rings is 1. The summed E-state index contributed by atoms with van der Waals surface area (Å²) in [6.07, 6.45) is 1.53. The average molecular weight is 379 g/mol. The molecule has 0 radical (unpaired) electrons. The third-order valence-electron chi connectivity index (χ3n) is 4.26. The summed E-state index contributed by atoms with van der Waals surface area (Å²) in [6, 6.07) is 13.2. The molecular formula is C20H18FN5O2. The maximum absolute atomic E-state index is 13.9. The molecule has 0 bridgehead atoms. The first kappa shape index (κ1) is 17.9. The maximum atomic E-state index is 13.9. The van der Waals surface area contributed by atoms with Crippen molar-refractivity contribution < 1.29 is 13.9 Å². The zero-order valence-electron chi connectivity index (χ0n) is 15.1. The number of hydrogen-bond acceptors (Lipinski definition) is 5. The summed E-state index contributed by atoms with van der Waals surface area (Å²) in [4.78, 5) is 21.5. The van der Waals surface area contributed by atoms with Gasteiger partial charge in [-0.25, -0.2) is 14.4 Å². The number of anilines is 2. The summed E-state index contributed by atoms with van der Waals surface area (Å²) in [6.45, 7) is 1.03. The standard InChI is InChI=1S/C20H18FN5O2/c1-28-10-9-22-18-19-23-12-17(25-20(27)13-5-3-2-4-6-13)26(19)16-11-14(21)7-8-15(16)24-18/h2-8,11-12H,9-10H2,1H3,(H,22,24)(H,25,27). The Morgan fingerprint density at radius 2 is 2.04 bits per heavy atom. The zero-order valence-corrected chi connectivity index (χ0v) is 15.1. The molecule has 2 aromatic carbocycles. The Kier molecular flexibility index (Phi) is 4.86. The van der Waals surface area contributed by atoms with Crippen LogP contribution in [0.2, 0.25) is 0 Å². The van der Waals surface area contributed by atoms with Crippen LogP contribution in [0.15, 0.2) is 54.7 Å². The van der Waals surface area contributed by atoms with Crippen molar-refractivity contribution in [3.63, 3.8) is 0 Å². The van der Waals surface area contributed by atoms with Crippen LogP contribution in [-0.4, -0.2) is 40.5 Å². The normalized spacial score (nSPS) is 11.1. The number of carbonyl (C=O) groups excluding carboxylic acids is 1. The summed E-state index contributed by atoms with van der Waals surface area (Å²) in [5, 5.41) is 6.01. The molecule has 2 heterocycles. The Morgan fingerprint density at radius 1 is 1.21 bits per heavy atom. The monoisotopic (exact) mass is 379 g/mol. The fourth-order valence-corrected chi connectivity index (χ4v) is 2.96. The molecule has 1 amide bonds. The van der Waals surface area contributed by atoms with Crippen LogP contribution in [0.1, 0.15) is 10.4 Å². The van der Waals surface area contributed by atoms with Gasteiger partial charge in [-0.15, -0.1) is 0 Å². The molecule has 4 rings (SSSR count). The van der Waals surface area contributed by atoms with E-state index < -0.39 is 5.82 Å². The van der Waals surface area contributed by atoms with Crippen LogP contribution in [0.5, 0.6) is 0 Å². The highest BCUT2D eigenvalue weighted by molar-refractivity contribution is 6.04. The Bertz CT molecular complexity index is 1140. The van der Waals surface area contributed by atoms with Gasteiger partial charge in [-0.05, 0) is 24.3 Å². The lowest BCUT2D eigenvalue weighted by Crippen LogP contribution is -2.14. The number of benzene rings is 2. The summed E-state index contributed by atoms with van der Waals surface area (Å²) in [7, 11) is 1.61. The number of hydrogen-bond donors (Lipinski definition) is 2. The molecule has 0 aliphatic heterocycles. The molecule has 2 aromatic heterocycles. The van der Waals surface area contributed by atoms with E-state index >= 15 is 0 Å². The molecule has 0 fully saturated rings. The SMILES string of the molecule is COCCNc1nc2ccc(F)cc2n2c(NC(=O)c3ccccc3)cnc12. The lowest BCUT2D eigenvalue weighted by molar-refractivity contribution is 0.102. The van der Waals surface area contributed by atoms with Gasteiger partial charge in [0, 0.05) is 25.3 Å². The summed E-state index contributed by atoms with van der Waals surface area (Å²) < 4.78 is 20.6. The molecule has 7 nitrogen and oxygen atoms in total. The van der Waals surface area contributed by atoms with Gasteiger partial charge in [0.25, 0.3) is 5.91 Å². The van der Waals surface area contributed by atoms with Crippen molar-refractivity contribution in [3.05, 3.63) is 66.1 Å². The fraction of sp³-hybridized carbons (Fsp3) is 0.150. The minimum atomic E-state index is -0.398. The molecule has 0 aliphatic rings. The van der Waals surface area contributed by atoms with Crippen LogP contribution in [-0.2, 0) is 4.74 Å². The highest BCUT2D eigenvalue weighted by Gasteiger charge is 2.16. The third kappa shape index (κ3) is 3.37. The number of methoxy groups -OCH3 is 1. The van der Waals surface area contributed by atoms with Crippen molar-refractivity contribution in [2.75, 3.05) is 30.9 Å². The first-order chi connectivity index (χ1) is 13.7. The Balaban J connectivity index is 1.82. The van der Waals surface area contributed by atoms with E-state index in [4.69, 9.17) is 4.74 Å². The molecule has 0 aliphatic carbocycles. The number of amides is 1. The predicted octanol–water partition coefficient (Wildman–Crippen LogP) is 3.33. The van der Waals surface area contributed by atoms with E-state index in [0.29, 0.717) is 47.0 Å². The Morgan fingerprint density at radius 3 is 2.82 bits per heavy atom. The second kappa shape index (κ2) is 7.61. The number of fused-ring (bicyclic) bond motifs is 3. The molecule has 142 valence electrons. The van der Waals surface area contributed by atoms with E-state index in [-0.39, 0.29) is 5.91 Å². The van der Waals surface area contributed by atoms with E-state index in [9.17, 15) is 9.18 Å². The molecule has 8 heteroatoms. The second-order valence-corrected chi connectivity index (χ2v) is 6.14. The zero-order chi connectivity index (χ0) is 19.5. The van der Waals surface area contributed by atoms with Crippen molar-refractivity contribution >= 4 is 34.2 Å². The van der Waals surface area contributed by atoms with E-state index in [1.165, 1.54) is 18.3 Å². The highest BCUT2D eigenvalue weighted by atomic mass is 19.1.